The van der Waals surface area contributed by atoms with Gasteiger partial charge >= 0.3 is 13.0 Å². The molecule has 1 heterocycles. The number of esters is 1. The monoisotopic (exact) mass is 253 g/mol. The van der Waals surface area contributed by atoms with Gasteiger partial charge in [-0.2, -0.15) is 0 Å². The molecule has 5 heteroatoms. The molecule has 1 aliphatic rings. The lowest BCUT2D eigenvalue weighted by Crippen LogP contribution is -2.49. The van der Waals surface area contributed by atoms with Crippen LogP contribution in [0.5, 0.6) is 0 Å². The number of carbonyl (C=O) groups is 1. The van der Waals surface area contributed by atoms with Gasteiger partial charge in [-0.05, 0) is 52.0 Å². The molecular formula is C13H24BNO3. The summed E-state index contributed by atoms with van der Waals surface area (Å²) in [6.07, 6.45) is 6.16. The number of nitrogens with zero attached hydrogens (tertiary/aromatic N) is 1. The van der Waals surface area contributed by atoms with Crippen molar-refractivity contribution in [3.05, 3.63) is 12.7 Å². The van der Waals surface area contributed by atoms with Gasteiger partial charge in [-0.15, -0.1) is 6.58 Å². The van der Waals surface area contributed by atoms with Gasteiger partial charge in [-0.25, -0.2) is 0 Å². The van der Waals surface area contributed by atoms with Crippen LogP contribution in [-0.4, -0.2) is 43.1 Å². The van der Waals surface area contributed by atoms with Gasteiger partial charge in [0.15, 0.2) is 0 Å². The van der Waals surface area contributed by atoms with Gasteiger partial charge in [0.1, 0.15) is 0 Å². The maximum atomic E-state index is 12.0. The Morgan fingerprint density at radius 3 is 2.61 bits per heavy atom. The van der Waals surface area contributed by atoms with E-state index in [1.54, 1.807) is 6.82 Å². The molecule has 0 aromatic carbocycles. The maximum Gasteiger partial charge on any atom is 0.376 e. The van der Waals surface area contributed by atoms with Crippen LogP contribution in [0.2, 0.25) is 6.82 Å². The number of ether oxygens (including phenoxy) is 1. The summed E-state index contributed by atoms with van der Waals surface area (Å²) in [7, 11) is 1.02. The predicted molar refractivity (Wildman–Crippen MR) is 73.1 cm³/mol. The fourth-order valence-corrected chi connectivity index (χ4v) is 2.68. The number of methoxy groups -OCH3 is 1. The van der Waals surface area contributed by atoms with Gasteiger partial charge in [-0.1, -0.05) is 6.08 Å². The lowest BCUT2D eigenvalue weighted by Gasteiger charge is -2.40. The van der Waals surface area contributed by atoms with Gasteiger partial charge in [0, 0.05) is 0 Å². The van der Waals surface area contributed by atoms with Crippen molar-refractivity contribution in [2.75, 3.05) is 20.2 Å². The van der Waals surface area contributed by atoms with Crippen LogP contribution in [0.4, 0.5) is 0 Å². The average molecular weight is 253 g/mol. The molecule has 0 saturated carbocycles. The zero-order valence-electron chi connectivity index (χ0n) is 11.5. The molecule has 1 aliphatic heterocycles. The number of hydrogen-bond donors (Lipinski definition) is 1. The van der Waals surface area contributed by atoms with Gasteiger partial charge in [-0.3, -0.25) is 4.79 Å². The number of hydrogen-bond acceptors (Lipinski definition) is 4. The zero-order valence-corrected chi connectivity index (χ0v) is 11.5. The van der Waals surface area contributed by atoms with Crippen LogP contribution in [0.15, 0.2) is 12.7 Å². The summed E-state index contributed by atoms with van der Waals surface area (Å²) in [5.41, 5.74) is -0.358. The van der Waals surface area contributed by atoms with Crippen molar-refractivity contribution in [2.24, 2.45) is 5.41 Å². The predicted octanol–water partition coefficient (Wildman–Crippen LogP) is 1.71. The Morgan fingerprint density at radius 1 is 1.56 bits per heavy atom. The van der Waals surface area contributed by atoms with Crippen molar-refractivity contribution in [3.8, 4) is 0 Å². The number of carbonyl (C=O) groups excluding carboxylic acids is 1. The molecule has 0 radical (unpaired) electrons. The molecule has 0 atom stereocenters. The standard InChI is InChI=1S/C13H24BNO3/c1-4-5-6-7-13(12(16)18-3)8-10-15(11-9-13)14(2)17/h4,17H,1,5-11H2,2-3H3. The summed E-state index contributed by atoms with van der Waals surface area (Å²) >= 11 is 0. The second kappa shape index (κ2) is 6.95. The molecule has 0 aromatic heterocycles. The molecule has 102 valence electrons. The number of rotatable bonds is 6. The van der Waals surface area contributed by atoms with Gasteiger partial charge in [0.25, 0.3) is 0 Å². The third-order valence-corrected chi connectivity index (χ3v) is 3.97. The van der Waals surface area contributed by atoms with E-state index in [1.165, 1.54) is 7.11 Å². The molecule has 1 fully saturated rings. The summed E-state index contributed by atoms with van der Waals surface area (Å²) in [4.78, 5) is 14.0. The minimum Gasteiger partial charge on any atom is -0.469 e. The van der Waals surface area contributed by atoms with Crippen molar-refractivity contribution >= 4 is 13.0 Å². The third kappa shape index (κ3) is 3.59. The minimum atomic E-state index is -0.436. The van der Waals surface area contributed by atoms with E-state index in [9.17, 15) is 9.82 Å². The van der Waals surface area contributed by atoms with Crippen LogP contribution in [0, 0.1) is 5.41 Å². The Kier molecular flexibility index (Phi) is 5.89. The van der Waals surface area contributed by atoms with Crippen molar-refractivity contribution in [1.29, 1.82) is 0 Å². The zero-order chi connectivity index (χ0) is 13.6. The summed E-state index contributed by atoms with van der Waals surface area (Å²) in [6.45, 7) is 6.98. The van der Waals surface area contributed by atoms with E-state index in [0.29, 0.717) is 0 Å². The van der Waals surface area contributed by atoms with Crippen molar-refractivity contribution in [1.82, 2.24) is 4.81 Å². The second-order valence-corrected chi connectivity index (χ2v) is 5.12. The largest absolute Gasteiger partial charge is 0.469 e. The number of unbranched alkanes of at least 4 members (excludes halogenated alkanes) is 1. The highest BCUT2D eigenvalue weighted by Crippen LogP contribution is 2.38. The molecule has 0 aliphatic carbocycles. The quantitative estimate of drug-likeness (QED) is 0.339. The Balaban J connectivity index is 2.63. The van der Waals surface area contributed by atoms with Gasteiger partial charge in [0.2, 0.25) is 0 Å². The molecule has 0 amide bonds. The minimum absolute atomic E-state index is 0.100. The first-order valence-corrected chi connectivity index (χ1v) is 6.67. The van der Waals surface area contributed by atoms with Gasteiger partial charge in [0.05, 0.1) is 12.5 Å². The van der Waals surface area contributed by atoms with E-state index in [4.69, 9.17) is 4.74 Å². The number of allylic oxidation sites excluding steroid dienone is 1. The molecular weight excluding hydrogens is 229 g/mol. The molecule has 0 spiro atoms. The van der Waals surface area contributed by atoms with E-state index < -0.39 is 7.05 Å². The van der Waals surface area contributed by atoms with Crippen LogP contribution in [0.1, 0.15) is 32.1 Å². The molecule has 0 unspecified atom stereocenters. The highest BCUT2D eigenvalue weighted by atomic mass is 16.5. The van der Waals surface area contributed by atoms with Crippen LogP contribution < -0.4 is 0 Å². The van der Waals surface area contributed by atoms with E-state index in [2.05, 4.69) is 6.58 Å². The Morgan fingerprint density at radius 2 is 2.17 bits per heavy atom. The summed E-state index contributed by atoms with van der Waals surface area (Å²) in [5, 5.41) is 9.55. The molecule has 0 bridgehead atoms. The lowest BCUT2D eigenvalue weighted by molar-refractivity contribution is -0.156. The Bertz CT molecular complexity index is 286. The summed E-state index contributed by atoms with van der Waals surface area (Å²) in [6, 6.07) is 0. The van der Waals surface area contributed by atoms with E-state index in [0.717, 1.165) is 45.2 Å². The number of piperidine rings is 1. The first kappa shape index (κ1) is 15.3. The molecule has 1 N–H and O–H groups in total. The lowest BCUT2D eigenvalue weighted by atomic mass is 9.71. The van der Waals surface area contributed by atoms with Crippen molar-refractivity contribution in [2.45, 2.75) is 38.9 Å². The van der Waals surface area contributed by atoms with Crippen LogP contribution in [0.25, 0.3) is 0 Å². The molecule has 1 saturated heterocycles. The first-order valence-electron chi connectivity index (χ1n) is 6.67. The fraction of sp³-hybridized carbons (Fsp3) is 0.769. The first-order chi connectivity index (χ1) is 8.55. The van der Waals surface area contributed by atoms with Crippen LogP contribution >= 0.6 is 0 Å². The molecule has 4 nitrogen and oxygen atoms in total. The van der Waals surface area contributed by atoms with Crippen molar-refractivity contribution < 1.29 is 14.6 Å². The normalized spacial score (nSPS) is 19.3. The van der Waals surface area contributed by atoms with Crippen LogP contribution in [-0.2, 0) is 9.53 Å². The molecule has 18 heavy (non-hydrogen) atoms. The molecule has 1 rings (SSSR count). The highest BCUT2D eigenvalue weighted by Gasteiger charge is 2.42. The second-order valence-electron chi connectivity index (χ2n) is 5.12. The van der Waals surface area contributed by atoms with E-state index in [1.807, 2.05) is 10.9 Å². The Hall–Kier alpha value is -0.805. The maximum absolute atomic E-state index is 12.0. The fourth-order valence-electron chi connectivity index (χ4n) is 2.68. The van der Waals surface area contributed by atoms with E-state index >= 15 is 0 Å². The Labute approximate surface area is 110 Å². The van der Waals surface area contributed by atoms with Crippen molar-refractivity contribution in [3.63, 3.8) is 0 Å². The smallest absolute Gasteiger partial charge is 0.376 e. The summed E-state index contributed by atoms with van der Waals surface area (Å²) in [5.74, 6) is -0.100. The third-order valence-electron chi connectivity index (χ3n) is 3.97. The molecule has 0 aromatic rings. The SMILES string of the molecule is C=CCCCC1(C(=O)OC)CCN(B(C)O)CC1. The van der Waals surface area contributed by atoms with E-state index in [-0.39, 0.29) is 11.4 Å². The summed E-state index contributed by atoms with van der Waals surface area (Å²) < 4.78 is 4.97. The average Bonchev–Trinajstić information content (AvgIpc) is 2.38. The van der Waals surface area contributed by atoms with Gasteiger partial charge < -0.3 is 14.6 Å². The highest BCUT2D eigenvalue weighted by molar-refractivity contribution is 6.45. The van der Waals surface area contributed by atoms with Crippen LogP contribution in [0.3, 0.4) is 0 Å². The topological polar surface area (TPSA) is 49.8 Å².